The van der Waals surface area contributed by atoms with E-state index in [4.69, 9.17) is 9.47 Å². The Balaban J connectivity index is 2.37. The number of rotatable bonds is 5. The molecule has 1 aromatic carbocycles. The summed E-state index contributed by atoms with van der Waals surface area (Å²) in [5.74, 6) is 0.212. The van der Waals surface area contributed by atoms with Crippen LogP contribution in [0.1, 0.15) is 16.1 Å². The number of methoxy groups -OCH3 is 2. The van der Waals surface area contributed by atoms with E-state index in [1.54, 1.807) is 32.2 Å². The van der Waals surface area contributed by atoms with E-state index in [9.17, 15) is 9.90 Å². The molecule has 20 heavy (non-hydrogen) atoms. The Morgan fingerprint density at radius 1 is 1.35 bits per heavy atom. The molecular weight excluding hydrogens is 280 g/mol. The first kappa shape index (κ1) is 14.1. The van der Waals surface area contributed by atoms with Crippen molar-refractivity contribution in [3.05, 3.63) is 29.5 Å². The van der Waals surface area contributed by atoms with Gasteiger partial charge in [-0.25, -0.2) is 4.79 Å². The van der Waals surface area contributed by atoms with Gasteiger partial charge in [0.05, 0.1) is 25.6 Å². The average molecular weight is 294 g/mol. The smallest absolute Gasteiger partial charge is 0.340 e. The molecule has 0 saturated carbocycles. The third-order valence-electron chi connectivity index (χ3n) is 2.73. The van der Waals surface area contributed by atoms with Crippen molar-refractivity contribution in [1.29, 1.82) is 0 Å². The lowest BCUT2D eigenvalue weighted by Gasteiger charge is -2.11. The number of aromatic carboxylic acids is 1. The summed E-state index contributed by atoms with van der Waals surface area (Å²) in [7, 11) is 3.10. The summed E-state index contributed by atoms with van der Waals surface area (Å²) in [6.07, 6.45) is 0. The number of ether oxygens (including phenoxy) is 2. The van der Waals surface area contributed by atoms with E-state index in [0.29, 0.717) is 27.9 Å². The van der Waals surface area contributed by atoms with Crippen molar-refractivity contribution in [3.8, 4) is 11.5 Å². The van der Waals surface area contributed by atoms with Gasteiger partial charge in [-0.15, -0.1) is 0 Å². The molecule has 0 amide bonds. The van der Waals surface area contributed by atoms with E-state index in [2.05, 4.69) is 9.69 Å². The molecule has 1 aromatic heterocycles. The number of aryl methyl sites for hydroxylation is 1. The van der Waals surface area contributed by atoms with E-state index in [-0.39, 0.29) is 5.56 Å². The quantitative estimate of drug-likeness (QED) is 0.882. The van der Waals surface area contributed by atoms with Gasteiger partial charge < -0.3 is 19.9 Å². The van der Waals surface area contributed by atoms with Crippen LogP contribution in [0.15, 0.2) is 18.2 Å². The molecule has 2 N–H and O–H groups in total. The van der Waals surface area contributed by atoms with Gasteiger partial charge in [-0.05, 0) is 30.6 Å². The zero-order valence-corrected chi connectivity index (χ0v) is 12.1. The van der Waals surface area contributed by atoms with Crippen LogP contribution in [0.25, 0.3) is 0 Å². The van der Waals surface area contributed by atoms with Gasteiger partial charge in [0, 0.05) is 6.07 Å². The zero-order valence-electron chi connectivity index (χ0n) is 11.3. The highest BCUT2D eigenvalue weighted by Crippen LogP contribution is 2.34. The number of aromatic nitrogens is 1. The number of benzene rings is 1. The summed E-state index contributed by atoms with van der Waals surface area (Å²) >= 11 is 1.10. The SMILES string of the molecule is COc1ccc(Nc2snc(C)c2C(=O)O)c(OC)c1. The topological polar surface area (TPSA) is 80.7 Å². The van der Waals surface area contributed by atoms with Gasteiger partial charge in [0.15, 0.2) is 0 Å². The maximum atomic E-state index is 11.2. The predicted molar refractivity (Wildman–Crippen MR) is 76.6 cm³/mol. The molecule has 6 nitrogen and oxygen atoms in total. The van der Waals surface area contributed by atoms with E-state index in [0.717, 1.165) is 11.5 Å². The third kappa shape index (κ3) is 2.67. The minimum absolute atomic E-state index is 0.174. The minimum Gasteiger partial charge on any atom is -0.497 e. The van der Waals surface area contributed by atoms with Crippen molar-refractivity contribution < 1.29 is 19.4 Å². The molecule has 0 bridgehead atoms. The normalized spacial score (nSPS) is 10.2. The van der Waals surface area contributed by atoms with Crippen LogP contribution in [0, 0.1) is 6.92 Å². The van der Waals surface area contributed by atoms with Crippen LogP contribution >= 0.6 is 11.5 Å². The predicted octanol–water partition coefficient (Wildman–Crippen LogP) is 2.91. The number of nitrogens with zero attached hydrogens (tertiary/aromatic N) is 1. The van der Waals surface area contributed by atoms with Crippen molar-refractivity contribution in [2.75, 3.05) is 19.5 Å². The first-order chi connectivity index (χ1) is 9.56. The number of hydrogen-bond donors (Lipinski definition) is 2. The van der Waals surface area contributed by atoms with Crippen molar-refractivity contribution in [3.63, 3.8) is 0 Å². The monoisotopic (exact) mass is 294 g/mol. The lowest BCUT2D eigenvalue weighted by molar-refractivity contribution is 0.0697. The van der Waals surface area contributed by atoms with Crippen LogP contribution in [-0.4, -0.2) is 29.7 Å². The highest BCUT2D eigenvalue weighted by Gasteiger charge is 2.18. The Morgan fingerprint density at radius 2 is 2.10 bits per heavy atom. The second kappa shape index (κ2) is 5.79. The Kier molecular flexibility index (Phi) is 4.09. The molecule has 0 aliphatic carbocycles. The Bertz CT molecular complexity index is 639. The standard InChI is InChI=1S/C13H14N2O4S/c1-7-11(13(16)17)12(20-15-7)14-9-5-4-8(18-2)6-10(9)19-3/h4-6,14H,1-3H3,(H,16,17). The van der Waals surface area contributed by atoms with Crippen LogP contribution in [0.3, 0.4) is 0 Å². The van der Waals surface area contributed by atoms with Gasteiger partial charge in [-0.2, -0.15) is 4.37 Å². The van der Waals surface area contributed by atoms with Crippen LogP contribution in [0.5, 0.6) is 11.5 Å². The van der Waals surface area contributed by atoms with Crippen LogP contribution < -0.4 is 14.8 Å². The summed E-state index contributed by atoms with van der Waals surface area (Å²) in [4.78, 5) is 11.2. The van der Waals surface area contributed by atoms with E-state index in [1.807, 2.05) is 0 Å². The number of carboxylic acid groups (broad SMARTS) is 1. The highest BCUT2D eigenvalue weighted by molar-refractivity contribution is 7.10. The van der Waals surface area contributed by atoms with E-state index in [1.165, 1.54) is 7.11 Å². The molecule has 0 unspecified atom stereocenters. The first-order valence-electron chi connectivity index (χ1n) is 5.75. The fourth-order valence-electron chi connectivity index (χ4n) is 1.73. The molecule has 0 aliphatic heterocycles. The van der Waals surface area contributed by atoms with E-state index >= 15 is 0 Å². The molecule has 0 aliphatic rings. The molecule has 0 radical (unpaired) electrons. The number of anilines is 2. The second-order valence-corrected chi connectivity index (χ2v) is 4.74. The van der Waals surface area contributed by atoms with Crippen LogP contribution in [0.4, 0.5) is 10.7 Å². The lowest BCUT2D eigenvalue weighted by atomic mass is 10.2. The van der Waals surface area contributed by atoms with Crippen LogP contribution in [0.2, 0.25) is 0 Å². The maximum Gasteiger partial charge on any atom is 0.340 e. The molecule has 1 heterocycles. The van der Waals surface area contributed by atoms with E-state index < -0.39 is 5.97 Å². The van der Waals surface area contributed by atoms with Gasteiger partial charge in [-0.3, -0.25) is 0 Å². The van der Waals surface area contributed by atoms with Crippen molar-refractivity contribution in [2.45, 2.75) is 6.92 Å². The summed E-state index contributed by atoms with van der Waals surface area (Å²) in [6, 6.07) is 5.24. The number of hydrogen-bond acceptors (Lipinski definition) is 6. The largest absolute Gasteiger partial charge is 0.497 e. The van der Waals surface area contributed by atoms with Gasteiger partial charge in [0.2, 0.25) is 0 Å². The van der Waals surface area contributed by atoms with Crippen molar-refractivity contribution in [1.82, 2.24) is 4.37 Å². The molecule has 0 spiro atoms. The fourth-order valence-corrected chi connectivity index (χ4v) is 2.53. The molecular formula is C13H14N2O4S. The molecule has 2 rings (SSSR count). The molecule has 7 heteroatoms. The van der Waals surface area contributed by atoms with Gasteiger partial charge in [0.25, 0.3) is 0 Å². The molecule has 106 valence electrons. The van der Waals surface area contributed by atoms with Crippen molar-refractivity contribution in [2.24, 2.45) is 0 Å². The summed E-state index contributed by atoms with van der Waals surface area (Å²) in [5.41, 5.74) is 1.31. The summed E-state index contributed by atoms with van der Waals surface area (Å²) in [5, 5.41) is 12.7. The zero-order chi connectivity index (χ0) is 14.7. The summed E-state index contributed by atoms with van der Waals surface area (Å²) in [6.45, 7) is 1.66. The first-order valence-corrected chi connectivity index (χ1v) is 6.52. The molecule has 2 aromatic rings. The highest BCUT2D eigenvalue weighted by atomic mass is 32.1. The Labute approximate surface area is 120 Å². The molecule has 0 saturated heterocycles. The van der Waals surface area contributed by atoms with Gasteiger partial charge in [-0.1, -0.05) is 0 Å². The lowest BCUT2D eigenvalue weighted by Crippen LogP contribution is -2.02. The van der Waals surface area contributed by atoms with Gasteiger partial charge >= 0.3 is 5.97 Å². The Hall–Kier alpha value is -2.28. The Morgan fingerprint density at radius 3 is 2.70 bits per heavy atom. The number of carbonyl (C=O) groups is 1. The molecule has 0 atom stereocenters. The number of carboxylic acids is 1. The van der Waals surface area contributed by atoms with Crippen LogP contribution in [-0.2, 0) is 0 Å². The average Bonchev–Trinajstić information content (AvgIpc) is 2.80. The second-order valence-electron chi connectivity index (χ2n) is 3.97. The molecule has 0 fully saturated rings. The summed E-state index contributed by atoms with van der Waals surface area (Å²) < 4.78 is 14.4. The fraction of sp³-hybridized carbons (Fsp3) is 0.231. The maximum absolute atomic E-state index is 11.2. The minimum atomic E-state index is -1.01. The number of nitrogens with one attached hydrogen (secondary N) is 1. The van der Waals surface area contributed by atoms with Gasteiger partial charge in [0.1, 0.15) is 22.1 Å². The third-order valence-corrected chi connectivity index (χ3v) is 3.59. The van der Waals surface area contributed by atoms with Crippen molar-refractivity contribution >= 4 is 28.2 Å².